The molecule has 1 aliphatic heterocycles. The third-order valence-electron chi connectivity index (χ3n) is 4.06. The van der Waals surface area contributed by atoms with E-state index in [-0.39, 0.29) is 12.5 Å². The van der Waals surface area contributed by atoms with E-state index in [0.717, 1.165) is 17.9 Å². The number of likely N-dealkylation sites (N-methyl/N-ethyl adjacent to an activating group) is 1. The zero-order chi connectivity index (χ0) is 18.9. The number of aryl methyl sites for hydroxylation is 1. The molecule has 0 unspecified atom stereocenters. The third kappa shape index (κ3) is 5.54. The predicted molar refractivity (Wildman–Crippen MR) is 98.1 cm³/mol. The molecule has 140 valence electrons. The number of carbonyl (C=O) groups excluding carboxylic acids is 2. The Balaban J connectivity index is 0.000000223. The number of amides is 2. The molecule has 0 spiro atoms. The molecule has 1 N–H and O–H groups in total. The molecule has 0 atom stereocenters. The summed E-state index contributed by atoms with van der Waals surface area (Å²) in [5.74, 6) is 1.56. The minimum atomic E-state index is -0.131. The zero-order valence-electron chi connectivity index (χ0n) is 15.4. The maximum atomic E-state index is 11.4. The van der Waals surface area contributed by atoms with Crippen molar-refractivity contribution in [3.05, 3.63) is 47.8 Å². The number of aromatic nitrogens is 1. The molecule has 1 aliphatic rings. The number of rotatable bonds is 6. The first kappa shape index (κ1) is 19.4. The van der Waals surface area contributed by atoms with E-state index in [1.807, 2.05) is 37.5 Å². The first-order chi connectivity index (χ1) is 12.5. The number of carbonyl (C=O) groups is 2. The summed E-state index contributed by atoms with van der Waals surface area (Å²) in [4.78, 5) is 23.0. The Labute approximate surface area is 153 Å². The summed E-state index contributed by atoms with van der Waals surface area (Å²) >= 11 is 0. The zero-order valence-corrected chi connectivity index (χ0v) is 15.4. The molecule has 1 aromatic carbocycles. The van der Waals surface area contributed by atoms with Crippen molar-refractivity contribution in [3.63, 3.8) is 0 Å². The number of benzene rings is 1. The van der Waals surface area contributed by atoms with Crippen LogP contribution >= 0.6 is 0 Å². The van der Waals surface area contributed by atoms with E-state index >= 15 is 0 Å². The van der Waals surface area contributed by atoms with Crippen molar-refractivity contribution in [2.24, 2.45) is 7.05 Å². The van der Waals surface area contributed by atoms with Crippen molar-refractivity contribution in [3.8, 4) is 11.5 Å². The summed E-state index contributed by atoms with van der Waals surface area (Å²) in [5, 5.41) is 2.78. The maximum Gasteiger partial charge on any atom is 0.239 e. The fraction of sp³-hybridized carbons (Fsp3) is 0.368. The number of para-hydroxylation sites is 2. The number of ether oxygens (including phenoxy) is 2. The summed E-state index contributed by atoms with van der Waals surface area (Å²) in [7, 11) is 3.57. The van der Waals surface area contributed by atoms with Crippen LogP contribution < -0.4 is 14.8 Å². The van der Waals surface area contributed by atoms with E-state index in [0.29, 0.717) is 19.7 Å². The van der Waals surface area contributed by atoms with Gasteiger partial charge in [0.15, 0.2) is 11.5 Å². The lowest BCUT2D eigenvalue weighted by Gasteiger charge is -2.10. The second-order valence-corrected chi connectivity index (χ2v) is 6.01. The maximum absolute atomic E-state index is 11.4. The summed E-state index contributed by atoms with van der Waals surface area (Å²) < 4.78 is 12.2. The molecule has 0 fully saturated rings. The van der Waals surface area contributed by atoms with Crippen molar-refractivity contribution in [1.29, 1.82) is 0 Å². The van der Waals surface area contributed by atoms with Crippen LogP contribution in [0.4, 0.5) is 0 Å². The summed E-state index contributed by atoms with van der Waals surface area (Å²) in [6.07, 6.45) is 3.46. The standard InChI is InChI=1S/C12H19N3O2.C7H6O2/c1-10-11(5-7-15(10)3)4-6-13-12(17)8-14(2)9-16;1-2-4-7-6(3-1)8-5-9-7/h5,7,9H,4,6,8H2,1-3H3,(H,13,17);1-4H,5H2. The highest BCUT2D eigenvalue weighted by molar-refractivity contribution is 5.79. The molecule has 1 aromatic heterocycles. The number of hydrogen-bond acceptors (Lipinski definition) is 4. The second-order valence-electron chi connectivity index (χ2n) is 6.01. The summed E-state index contributed by atoms with van der Waals surface area (Å²) in [6.45, 7) is 3.12. The topological polar surface area (TPSA) is 72.8 Å². The van der Waals surface area contributed by atoms with Crippen LogP contribution in [0, 0.1) is 6.92 Å². The quantitative estimate of drug-likeness (QED) is 0.794. The lowest BCUT2D eigenvalue weighted by atomic mass is 10.2. The van der Waals surface area contributed by atoms with Gasteiger partial charge in [-0.15, -0.1) is 0 Å². The van der Waals surface area contributed by atoms with Gasteiger partial charge in [-0.2, -0.15) is 0 Å². The van der Waals surface area contributed by atoms with Gasteiger partial charge in [-0.1, -0.05) is 12.1 Å². The van der Waals surface area contributed by atoms with Crippen LogP contribution in [-0.2, 0) is 23.1 Å². The second kappa shape index (κ2) is 9.50. The number of fused-ring (bicyclic) bond motifs is 1. The lowest BCUT2D eigenvalue weighted by molar-refractivity contribution is -0.127. The van der Waals surface area contributed by atoms with E-state index in [1.165, 1.54) is 16.2 Å². The van der Waals surface area contributed by atoms with Gasteiger partial charge in [-0.3, -0.25) is 9.59 Å². The SMILES string of the molecule is Cc1c(CCNC(=O)CN(C)C=O)ccn1C.c1ccc2c(c1)OCO2. The highest BCUT2D eigenvalue weighted by atomic mass is 16.7. The first-order valence-electron chi connectivity index (χ1n) is 8.39. The molecule has 0 saturated heterocycles. The molecule has 7 heteroatoms. The monoisotopic (exact) mass is 359 g/mol. The Morgan fingerprint density at radius 3 is 2.46 bits per heavy atom. The van der Waals surface area contributed by atoms with Crippen LogP contribution in [0.25, 0.3) is 0 Å². The van der Waals surface area contributed by atoms with Gasteiger partial charge in [0.1, 0.15) is 0 Å². The Hall–Kier alpha value is -2.96. The minimum absolute atomic E-state index is 0.108. The van der Waals surface area contributed by atoms with Gasteiger partial charge < -0.3 is 24.3 Å². The molecule has 0 radical (unpaired) electrons. The van der Waals surface area contributed by atoms with E-state index in [1.54, 1.807) is 7.05 Å². The molecule has 2 heterocycles. The molecule has 0 bridgehead atoms. The molecular weight excluding hydrogens is 334 g/mol. The van der Waals surface area contributed by atoms with Crippen LogP contribution in [0.2, 0.25) is 0 Å². The van der Waals surface area contributed by atoms with E-state index < -0.39 is 0 Å². The van der Waals surface area contributed by atoms with Gasteiger partial charge in [0.2, 0.25) is 19.1 Å². The Morgan fingerprint density at radius 1 is 1.27 bits per heavy atom. The molecule has 0 aliphatic carbocycles. The van der Waals surface area contributed by atoms with Gasteiger partial charge in [0.25, 0.3) is 0 Å². The Kier molecular flexibility index (Phi) is 7.08. The predicted octanol–water partition coefficient (Wildman–Crippen LogP) is 1.50. The van der Waals surface area contributed by atoms with Crippen molar-refractivity contribution in [1.82, 2.24) is 14.8 Å². The van der Waals surface area contributed by atoms with E-state index in [9.17, 15) is 9.59 Å². The van der Waals surface area contributed by atoms with Crippen LogP contribution in [0.3, 0.4) is 0 Å². The molecule has 26 heavy (non-hydrogen) atoms. The smallest absolute Gasteiger partial charge is 0.239 e. The summed E-state index contributed by atoms with van der Waals surface area (Å²) in [6, 6.07) is 9.69. The summed E-state index contributed by atoms with van der Waals surface area (Å²) in [5.41, 5.74) is 2.45. The molecular formula is C19H25N3O4. The van der Waals surface area contributed by atoms with Gasteiger partial charge >= 0.3 is 0 Å². The fourth-order valence-corrected chi connectivity index (χ4v) is 2.43. The Morgan fingerprint density at radius 2 is 1.92 bits per heavy atom. The average Bonchev–Trinajstić information content (AvgIpc) is 3.24. The van der Waals surface area contributed by atoms with Crippen molar-refractivity contribution >= 4 is 12.3 Å². The normalized spacial score (nSPS) is 11.3. The molecule has 2 amide bonds. The van der Waals surface area contributed by atoms with Gasteiger partial charge in [-0.05, 0) is 37.1 Å². The van der Waals surface area contributed by atoms with Crippen LogP contribution in [0.1, 0.15) is 11.3 Å². The van der Waals surface area contributed by atoms with E-state index in [4.69, 9.17) is 9.47 Å². The van der Waals surface area contributed by atoms with Gasteiger partial charge in [0.05, 0.1) is 6.54 Å². The van der Waals surface area contributed by atoms with Crippen LogP contribution in [0.15, 0.2) is 36.5 Å². The minimum Gasteiger partial charge on any atom is -0.454 e. The van der Waals surface area contributed by atoms with Gasteiger partial charge in [-0.25, -0.2) is 0 Å². The largest absolute Gasteiger partial charge is 0.454 e. The van der Waals surface area contributed by atoms with Crippen LogP contribution in [0.5, 0.6) is 11.5 Å². The molecule has 0 saturated carbocycles. The lowest BCUT2D eigenvalue weighted by Crippen LogP contribution is -2.35. The van der Waals surface area contributed by atoms with Crippen LogP contribution in [-0.4, -0.2) is 48.7 Å². The van der Waals surface area contributed by atoms with Crippen molar-refractivity contribution in [2.45, 2.75) is 13.3 Å². The average molecular weight is 359 g/mol. The highest BCUT2D eigenvalue weighted by Gasteiger charge is 2.09. The Bertz CT molecular complexity index is 719. The number of nitrogens with one attached hydrogen (secondary N) is 1. The number of nitrogens with zero attached hydrogens (tertiary/aromatic N) is 2. The molecule has 3 rings (SSSR count). The van der Waals surface area contributed by atoms with E-state index in [2.05, 4.69) is 22.9 Å². The molecule has 7 nitrogen and oxygen atoms in total. The van der Waals surface area contributed by atoms with Gasteiger partial charge in [0, 0.05) is 32.5 Å². The third-order valence-corrected chi connectivity index (χ3v) is 4.06. The first-order valence-corrected chi connectivity index (χ1v) is 8.39. The highest BCUT2D eigenvalue weighted by Crippen LogP contribution is 2.30. The number of hydrogen-bond donors (Lipinski definition) is 1. The van der Waals surface area contributed by atoms with Crippen molar-refractivity contribution in [2.75, 3.05) is 26.9 Å². The molecule has 2 aromatic rings. The van der Waals surface area contributed by atoms with Crippen molar-refractivity contribution < 1.29 is 19.1 Å². The fourth-order valence-electron chi connectivity index (χ4n) is 2.43.